The maximum atomic E-state index is 11.7. The first kappa shape index (κ1) is 12.9. The predicted molar refractivity (Wildman–Crippen MR) is 67.6 cm³/mol. The molecule has 3 saturated carbocycles. The van der Waals surface area contributed by atoms with E-state index in [0.717, 1.165) is 18.3 Å². The minimum absolute atomic E-state index is 0.0778. The minimum atomic E-state index is -0.0778. The molecule has 3 aliphatic carbocycles. The molecule has 3 heteroatoms. The average molecular weight is 239 g/mol. The van der Waals surface area contributed by atoms with Gasteiger partial charge in [-0.1, -0.05) is 20.8 Å². The van der Waals surface area contributed by atoms with Crippen LogP contribution in [-0.4, -0.2) is 37.6 Å². The number of fused-ring (bicyclic) bond motifs is 2. The average Bonchev–Trinajstić information content (AvgIpc) is 2.18. The van der Waals surface area contributed by atoms with E-state index in [1.807, 2.05) is 19.0 Å². The number of carbonyl (C=O) groups excluding carboxylic acids is 1. The van der Waals surface area contributed by atoms with Gasteiger partial charge < -0.3 is 4.74 Å². The Morgan fingerprint density at radius 3 is 2.47 bits per heavy atom. The van der Waals surface area contributed by atoms with Gasteiger partial charge in [0.25, 0.3) is 0 Å². The van der Waals surface area contributed by atoms with Crippen molar-refractivity contribution in [2.75, 3.05) is 20.6 Å². The Balaban J connectivity index is 1.91. The highest BCUT2D eigenvalue weighted by Gasteiger charge is 2.57. The summed E-state index contributed by atoms with van der Waals surface area (Å²) in [6.07, 6.45) is 2.54. The smallest absolute Gasteiger partial charge is 0.320 e. The Morgan fingerprint density at radius 1 is 1.35 bits per heavy atom. The third-order valence-electron chi connectivity index (χ3n) is 5.01. The SMILES string of the molecule is C[C@@H]1[C@H]2C[C@@H](C[C@H]1OC(=O)CN(C)C)C2(C)C. The Hall–Kier alpha value is -0.570. The topological polar surface area (TPSA) is 29.5 Å². The number of rotatable bonds is 3. The van der Waals surface area contributed by atoms with Crippen LogP contribution in [0.15, 0.2) is 0 Å². The number of esters is 1. The van der Waals surface area contributed by atoms with Crippen LogP contribution in [0.5, 0.6) is 0 Å². The predicted octanol–water partition coefficient (Wildman–Crippen LogP) is 2.16. The first-order valence-corrected chi connectivity index (χ1v) is 6.66. The molecule has 0 N–H and O–H groups in total. The maximum Gasteiger partial charge on any atom is 0.320 e. The molecule has 0 aromatic rings. The van der Waals surface area contributed by atoms with E-state index in [1.54, 1.807) is 0 Å². The lowest BCUT2D eigenvalue weighted by atomic mass is 9.45. The summed E-state index contributed by atoms with van der Waals surface area (Å²) in [5.74, 6) is 1.92. The van der Waals surface area contributed by atoms with E-state index in [0.29, 0.717) is 17.9 Å². The second-order valence-corrected chi connectivity index (χ2v) is 6.72. The summed E-state index contributed by atoms with van der Waals surface area (Å²) in [6, 6.07) is 0. The minimum Gasteiger partial charge on any atom is -0.461 e. The second-order valence-electron chi connectivity index (χ2n) is 6.72. The van der Waals surface area contributed by atoms with Crippen molar-refractivity contribution in [1.29, 1.82) is 0 Å². The number of hydrogen-bond donors (Lipinski definition) is 0. The molecule has 0 aromatic heterocycles. The number of carbonyl (C=O) groups is 1. The highest BCUT2D eigenvalue weighted by atomic mass is 16.5. The molecule has 0 spiro atoms. The van der Waals surface area contributed by atoms with Crippen LogP contribution in [0.2, 0.25) is 0 Å². The van der Waals surface area contributed by atoms with Crippen LogP contribution in [0.4, 0.5) is 0 Å². The summed E-state index contributed by atoms with van der Waals surface area (Å²) in [7, 11) is 3.79. The van der Waals surface area contributed by atoms with Crippen LogP contribution >= 0.6 is 0 Å². The molecule has 3 fully saturated rings. The Kier molecular flexibility index (Phi) is 3.23. The van der Waals surface area contributed by atoms with Gasteiger partial charge in [0, 0.05) is 0 Å². The van der Waals surface area contributed by atoms with Gasteiger partial charge in [-0.25, -0.2) is 0 Å². The molecule has 0 amide bonds. The first-order chi connectivity index (χ1) is 7.82. The van der Waals surface area contributed by atoms with Gasteiger partial charge in [-0.2, -0.15) is 0 Å². The van der Waals surface area contributed by atoms with Gasteiger partial charge in [0.1, 0.15) is 6.10 Å². The van der Waals surface area contributed by atoms with Crippen LogP contribution in [0, 0.1) is 23.2 Å². The summed E-state index contributed by atoms with van der Waals surface area (Å²) in [5, 5.41) is 0. The normalized spacial score (nSPS) is 38.7. The monoisotopic (exact) mass is 239 g/mol. The molecule has 3 rings (SSSR count). The summed E-state index contributed by atoms with van der Waals surface area (Å²) >= 11 is 0. The van der Waals surface area contributed by atoms with Gasteiger partial charge in [0.15, 0.2) is 0 Å². The van der Waals surface area contributed by atoms with Crippen LogP contribution in [0.1, 0.15) is 33.6 Å². The third kappa shape index (κ3) is 2.22. The molecule has 0 aromatic carbocycles. The van der Waals surface area contributed by atoms with Crippen molar-refractivity contribution in [3.8, 4) is 0 Å². The lowest BCUT2D eigenvalue weighted by Crippen LogP contribution is -2.57. The molecule has 0 radical (unpaired) electrons. The van der Waals surface area contributed by atoms with E-state index < -0.39 is 0 Å². The molecular weight excluding hydrogens is 214 g/mol. The highest BCUT2D eigenvalue weighted by molar-refractivity contribution is 5.71. The molecule has 0 aliphatic heterocycles. The lowest BCUT2D eigenvalue weighted by molar-refractivity contribution is -0.186. The summed E-state index contributed by atoms with van der Waals surface area (Å²) in [5.41, 5.74) is 0.462. The summed E-state index contributed by atoms with van der Waals surface area (Å²) < 4.78 is 5.63. The fourth-order valence-corrected chi connectivity index (χ4v) is 3.72. The van der Waals surface area contributed by atoms with Gasteiger partial charge in [0.05, 0.1) is 6.54 Å². The molecule has 2 bridgehead atoms. The van der Waals surface area contributed by atoms with E-state index >= 15 is 0 Å². The molecular formula is C14H25NO2. The summed E-state index contributed by atoms with van der Waals surface area (Å²) in [4.78, 5) is 13.5. The van der Waals surface area contributed by atoms with E-state index in [-0.39, 0.29) is 12.1 Å². The molecule has 0 saturated heterocycles. The largest absolute Gasteiger partial charge is 0.461 e. The quantitative estimate of drug-likeness (QED) is 0.707. The molecule has 3 aliphatic rings. The standard InChI is InChI=1S/C14H25NO2/c1-9-11-6-10(14(11,2)3)7-12(9)17-13(16)8-15(4)5/h9-12H,6-8H2,1-5H3/t9-,10+,11-,12-/m1/s1. The van der Waals surface area contributed by atoms with Gasteiger partial charge in [-0.3, -0.25) is 9.69 Å². The number of likely N-dealkylation sites (N-methyl/N-ethyl adjacent to an activating group) is 1. The zero-order valence-corrected chi connectivity index (χ0v) is 11.7. The first-order valence-electron chi connectivity index (χ1n) is 6.66. The fraction of sp³-hybridized carbons (Fsp3) is 0.929. The maximum absolute atomic E-state index is 11.7. The van der Waals surface area contributed by atoms with Crippen molar-refractivity contribution >= 4 is 5.97 Å². The Bertz CT molecular complexity index is 311. The zero-order valence-electron chi connectivity index (χ0n) is 11.7. The zero-order chi connectivity index (χ0) is 12.8. The van der Waals surface area contributed by atoms with Crippen molar-refractivity contribution in [3.05, 3.63) is 0 Å². The number of ether oxygens (including phenoxy) is 1. The Morgan fingerprint density at radius 2 is 2.00 bits per heavy atom. The molecule has 98 valence electrons. The second kappa shape index (κ2) is 4.27. The van der Waals surface area contributed by atoms with E-state index in [9.17, 15) is 4.79 Å². The third-order valence-corrected chi connectivity index (χ3v) is 5.01. The number of hydrogen-bond acceptors (Lipinski definition) is 3. The molecule has 0 unspecified atom stereocenters. The van der Waals surface area contributed by atoms with Gasteiger partial charge in [-0.15, -0.1) is 0 Å². The van der Waals surface area contributed by atoms with Crippen LogP contribution in [0.3, 0.4) is 0 Å². The van der Waals surface area contributed by atoms with Crippen molar-refractivity contribution in [2.24, 2.45) is 23.2 Å². The van der Waals surface area contributed by atoms with Crippen molar-refractivity contribution < 1.29 is 9.53 Å². The van der Waals surface area contributed by atoms with Crippen molar-refractivity contribution in [1.82, 2.24) is 4.90 Å². The molecule has 4 atom stereocenters. The lowest BCUT2D eigenvalue weighted by Gasteiger charge is -2.61. The van der Waals surface area contributed by atoms with Crippen LogP contribution in [-0.2, 0) is 9.53 Å². The summed E-state index contributed by atoms with van der Waals surface area (Å²) in [6.45, 7) is 7.36. The van der Waals surface area contributed by atoms with Crippen molar-refractivity contribution in [3.63, 3.8) is 0 Å². The fourth-order valence-electron chi connectivity index (χ4n) is 3.72. The Labute approximate surface area is 105 Å². The highest BCUT2D eigenvalue weighted by Crippen LogP contribution is 2.61. The molecule has 3 nitrogen and oxygen atoms in total. The molecule has 0 heterocycles. The van der Waals surface area contributed by atoms with E-state index in [2.05, 4.69) is 20.8 Å². The number of nitrogens with zero attached hydrogens (tertiary/aromatic N) is 1. The van der Waals surface area contributed by atoms with E-state index in [1.165, 1.54) is 6.42 Å². The van der Waals surface area contributed by atoms with Gasteiger partial charge >= 0.3 is 5.97 Å². The van der Waals surface area contributed by atoms with Crippen molar-refractivity contribution in [2.45, 2.75) is 39.7 Å². The van der Waals surface area contributed by atoms with Gasteiger partial charge in [-0.05, 0) is 50.1 Å². The van der Waals surface area contributed by atoms with Crippen LogP contribution < -0.4 is 0 Å². The van der Waals surface area contributed by atoms with Crippen LogP contribution in [0.25, 0.3) is 0 Å². The molecule has 17 heavy (non-hydrogen) atoms. The van der Waals surface area contributed by atoms with Gasteiger partial charge in [0.2, 0.25) is 0 Å². The van der Waals surface area contributed by atoms with E-state index in [4.69, 9.17) is 4.74 Å².